The van der Waals surface area contributed by atoms with E-state index in [9.17, 15) is 0 Å². The SMILES string of the molecule is Br.CC(S)/N=C(\N)Nc1ccccc1. The summed E-state index contributed by atoms with van der Waals surface area (Å²) in [5, 5.41) is 2.87. The zero-order valence-electron chi connectivity index (χ0n) is 7.84. The van der Waals surface area contributed by atoms with E-state index in [0.717, 1.165) is 5.69 Å². The molecule has 3 nitrogen and oxygen atoms in total. The highest BCUT2D eigenvalue weighted by Crippen LogP contribution is 2.04. The maximum atomic E-state index is 5.60. The van der Waals surface area contributed by atoms with E-state index in [1.807, 2.05) is 37.3 Å². The van der Waals surface area contributed by atoms with E-state index in [2.05, 4.69) is 22.9 Å². The molecule has 5 heteroatoms. The average molecular weight is 276 g/mol. The van der Waals surface area contributed by atoms with Gasteiger partial charge in [0.25, 0.3) is 0 Å². The van der Waals surface area contributed by atoms with Gasteiger partial charge in [-0.05, 0) is 19.1 Å². The van der Waals surface area contributed by atoms with Crippen LogP contribution in [0.15, 0.2) is 35.3 Å². The minimum Gasteiger partial charge on any atom is -0.370 e. The van der Waals surface area contributed by atoms with Gasteiger partial charge in [-0.1, -0.05) is 18.2 Å². The van der Waals surface area contributed by atoms with Gasteiger partial charge in [0, 0.05) is 5.69 Å². The van der Waals surface area contributed by atoms with Crippen molar-refractivity contribution in [1.82, 2.24) is 0 Å². The Labute approximate surface area is 100.0 Å². The van der Waals surface area contributed by atoms with Crippen LogP contribution in [0.5, 0.6) is 0 Å². The highest BCUT2D eigenvalue weighted by molar-refractivity contribution is 8.93. The number of para-hydroxylation sites is 1. The fourth-order valence-corrected chi connectivity index (χ4v) is 1.03. The summed E-state index contributed by atoms with van der Waals surface area (Å²) in [6.07, 6.45) is 0. The molecular weight excluding hydrogens is 262 g/mol. The van der Waals surface area contributed by atoms with Crippen molar-refractivity contribution in [3.8, 4) is 0 Å². The van der Waals surface area contributed by atoms with Crippen LogP contribution < -0.4 is 11.1 Å². The van der Waals surface area contributed by atoms with Crippen molar-refractivity contribution in [1.29, 1.82) is 0 Å². The van der Waals surface area contributed by atoms with E-state index >= 15 is 0 Å². The van der Waals surface area contributed by atoms with Crippen LogP contribution in [0.1, 0.15) is 6.92 Å². The van der Waals surface area contributed by atoms with Gasteiger partial charge in [-0.2, -0.15) is 12.6 Å². The average Bonchev–Trinajstić information content (AvgIpc) is 2.04. The fraction of sp³-hybridized carbons (Fsp3) is 0.222. The van der Waals surface area contributed by atoms with E-state index in [1.54, 1.807) is 0 Å². The standard InChI is InChI=1S/C9H13N3S.BrH/c1-7(13)11-9(10)12-8-5-3-2-4-6-8;/h2-7,13H,1H3,(H3,10,11,12);1H. The van der Waals surface area contributed by atoms with Gasteiger partial charge in [0.1, 0.15) is 0 Å². The van der Waals surface area contributed by atoms with Crippen molar-refractivity contribution < 1.29 is 0 Å². The number of rotatable bonds is 2. The topological polar surface area (TPSA) is 50.4 Å². The molecule has 0 saturated heterocycles. The number of nitrogens with two attached hydrogens (primary N) is 1. The third-order valence-electron chi connectivity index (χ3n) is 1.37. The Morgan fingerprint density at radius 1 is 1.43 bits per heavy atom. The number of aliphatic imine (C=N–C) groups is 1. The molecule has 0 aromatic heterocycles. The molecule has 1 aromatic carbocycles. The third kappa shape index (κ3) is 5.14. The number of thiol groups is 1. The Kier molecular flexibility index (Phi) is 6.40. The first-order valence-corrected chi connectivity index (χ1v) is 4.53. The summed E-state index contributed by atoms with van der Waals surface area (Å²) in [5.74, 6) is 0.383. The van der Waals surface area contributed by atoms with E-state index in [1.165, 1.54) is 0 Å². The molecule has 0 bridgehead atoms. The number of hydrogen-bond acceptors (Lipinski definition) is 2. The lowest BCUT2D eigenvalue weighted by molar-refractivity contribution is 1.05. The van der Waals surface area contributed by atoms with Crippen LogP contribution in [-0.4, -0.2) is 11.3 Å². The Balaban J connectivity index is 0.00000169. The van der Waals surface area contributed by atoms with Gasteiger partial charge < -0.3 is 11.1 Å². The first-order valence-electron chi connectivity index (χ1n) is 4.02. The summed E-state index contributed by atoms with van der Waals surface area (Å²) >= 11 is 4.10. The molecule has 0 heterocycles. The van der Waals surface area contributed by atoms with Crippen LogP contribution in [0.25, 0.3) is 0 Å². The molecule has 1 unspecified atom stereocenters. The normalized spacial score (nSPS) is 12.9. The summed E-state index contributed by atoms with van der Waals surface area (Å²) in [6, 6.07) is 9.65. The van der Waals surface area contributed by atoms with Gasteiger partial charge >= 0.3 is 0 Å². The van der Waals surface area contributed by atoms with Gasteiger partial charge in [0.2, 0.25) is 0 Å². The molecule has 1 rings (SSSR count). The first kappa shape index (κ1) is 13.3. The molecule has 0 fully saturated rings. The maximum absolute atomic E-state index is 5.60. The molecule has 0 spiro atoms. The van der Waals surface area contributed by atoms with Gasteiger partial charge in [-0.25, -0.2) is 4.99 Å². The fourth-order valence-electron chi connectivity index (χ4n) is 0.903. The molecule has 0 aliphatic heterocycles. The van der Waals surface area contributed by atoms with Crippen LogP contribution in [-0.2, 0) is 0 Å². The monoisotopic (exact) mass is 275 g/mol. The molecule has 1 atom stereocenters. The number of nitrogens with zero attached hydrogens (tertiary/aromatic N) is 1. The summed E-state index contributed by atoms with van der Waals surface area (Å²) in [5.41, 5.74) is 6.53. The second kappa shape index (κ2) is 6.73. The molecule has 3 N–H and O–H groups in total. The molecule has 0 saturated carbocycles. The highest BCUT2D eigenvalue weighted by Gasteiger charge is 1.94. The summed E-state index contributed by atoms with van der Waals surface area (Å²) < 4.78 is 0. The van der Waals surface area contributed by atoms with Gasteiger partial charge in [0.15, 0.2) is 5.96 Å². The second-order valence-electron chi connectivity index (χ2n) is 2.64. The van der Waals surface area contributed by atoms with Crippen LogP contribution >= 0.6 is 29.6 Å². The first-order chi connectivity index (χ1) is 6.18. The Hall–Kier alpha value is -0.680. The zero-order valence-corrected chi connectivity index (χ0v) is 10.5. The predicted octanol–water partition coefficient (Wildman–Crippen LogP) is 2.27. The Morgan fingerprint density at radius 2 is 2.00 bits per heavy atom. The van der Waals surface area contributed by atoms with Crippen molar-refractivity contribution >= 4 is 41.3 Å². The molecule has 0 aliphatic rings. The molecule has 14 heavy (non-hydrogen) atoms. The largest absolute Gasteiger partial charge is 0.370 e. The lowest BCUT2D eigenvalue weighted by atomic mass is 10.3. The van der Waals surface area contributed by atoms with Gasteiger partial charge in [-0.3, -0.25) is 0 Å². The third-order valence-corrected chi connectivity index (χ3v) is 1.49. The highest BCUT2D eigenvalue weighted by atomic mass is 79.9. The van der Waals surface area contributed by atoms with Crippen LogP contribution in [0.2, 0.25) is 0 Å². The molecular formula is C9H14BrN3S. The molecule has 0 aliphatic carbocycles. The number of guanidine groups is 1. The number of nitrogens with one attached hydrogen (secondary N) is 1. The lowest BCUT2D eigenvalue weighted by Crippen LogP contribution is -2.23. The Morgan fingerprint density at radius 3 is 2.50 bits per heavy atom. The predicted molar refractivity (Wildman–Crippen MR) is 70.5 cm³/mol. The minimum absolute atomic E-state index is 0. The maximum Gasteiger partial charge on any atom is 0.194 e. The van der Waals surface area contributed by atoms with E-state index in [0.29, 0.717) is 5.96 Å². The molecule has 1 aromatic rings. The van der Waals surface area contributed by atoms with Crippen LogP contribution in [0, 0.1) is 0 Å². The van der Waals surface area contributed by atoms with E-state index in [-0.39, 0.29) is 22.4 Å². The lowest BCUT2D eigenvalue weighted by Gasteiger charge is -2.05. The number of anilines is 1. The van der Waals surface area contributed by atoms with Crippen LogP contribution in [0.3, 0.4) is 0 Å². The number of benzene rings is 1. The Bertz CT molecular complexity index is 287. The molecule has 0 amide bonds. The summed E-state index contributed by atoms with van der Waals surface area (Å²) in [6.45, 7) is 1.85. The van der Waals surface area contributed by atoms with E-state index < -0.39 is 0 Å². The second-order valence-corrected chi connectivity index (χ2v) is 3.38. The van der Waals surface area contributed by atoms with E-state index in [4.69, 9.17) is 5.73 Å². The summed E-state index contributed by atoms with van der Waals surface area (Å²) in [7, 11) is 0. The van der Waals surface area contributed by atoms with Crippen molar-refractivity contribution in [2.45, 2.75) is 12.3 Å². The van der Waals surface area contributed by atoms with Crippen LogP contribution in [0.4, 0.5) is 5.69 Å². The minimum atomic E-state index is -0.0868. The smallest absolute Gasteiger partial charge is 0.194 e. The van der Waals surface area contributed by atoms with Gasteiger partial charge in [-0.15, -0.1) is 17.0 Å². The van der Waals surface area contributed by atoms with Crippen molar-refractivity contribution in [3.63, 3.8) is 0 Å². The zero-order chi connectivity index (χ0) is 9.68. The van der Waals surface area contributed by atoms with Crippen molar-refractivity contribution in [2.75, 3.05) is 5.32 Å². The van der Waals surface area contributed by atoms with Gasteiger partial charge in [0.05, 0.1) is 5.37 Å². The van der Waals surface area contributed by atoms with Crippen molar-refractivity contribution in [3.05, 3.63) is 30.3 Å². The number of hydrogen-bond donors (Lipinski definition) is 3. The molecule has 0 radical (unpaired) electrons. The molecule has 78 valence electrons. The number of halogens is 1. The quantitative estimate of drug-likeness (QED) is 0.441. The van der Waals surface area contributed by atoms with Crippen molar-refractivity contribution in [2.24, 2.45) is 10.7 Å². The summed E-state index contributed by atoms with van der Waals surface area (Å²) in [4.78, 5) is 4.02.